The number of rotatable bonds is 7. The van der Waals surface area contributed by atoms with E-state index in [1.165, 1.54) is 20.3 Å². The number of hydrogen-bond acceptors (Lipinski definition) is 7. The number of esters is 1. The molecule has 0 unspecified atom stereocenters. The van der Waals surface area contributed by atoms with Crippen LogP contribution in [0.1, 0.15) is 52.6 Å². The lowest BCUT2D eigenvalue weighted by Gasteiger charge is -2.28. The fourth-order valence-electron chi connectivity index (χ4n) is 4.27. The van der Waals surface area contributed by atoms with E-state index in [1.54, 1.807) is 31.2 Å². The van der Waals surface area contributed by atoms with E-state index < -0.39 is 23.8 Å². The minimum atomic E-state index is -1.04. The van der Waals surface area contributed by atoms with Gasteiger partial charge in [-0.25, -0.2) is 9.37 Å². The van der Waals surface area contributed by atoms with Gasteiger partial charge in [0.1, 0.15) is 17.7 Å². The van der Waals surface area contributed by atoms with Crippen molar-refractivity contribution in [2.75, 3.05) is 14.2 Å². The Bertz CT molecular complexity index is 1260. The van der Waals surface area contributed by atoms with Crippen LogP contribution in [0, 0.1) is 11.7 Å². The molecule has 0 amide bonds. The Kier molecular flexibility index (Phi) is 7.12. The monoisotopic (exact) mass is 479 g/mol. The van der Waals surface area contributed by atoms with Crippen molar-refractivity contribution in [3.05, 3.63) is 76.7 Å². The molecule has 1 N–H and O–H groups in total. The van der Waals surface area contributed by atoms with Gasteiger partial charge in [-0.15, -0.1) is 0 Å². The van der Waals surface area contributed by atoms with E-state index in [1.807, 2.05) is 12.1 Å². The van der Waals surface area contributed by atoms with E-state index in [4.69, 9.17) is 14.2 Å². The maximum atomic E-state index is 14.5. The molecule has 1 aliphatic heterocycles. The molecule has 0 fully saturated rings. The van der Waals surface area contributed by atoms with Crippen molar-refractivity contribution in [3.63, 3.8) is 0 Å². The molecule has 1 aromatic heterocycles. The smallest absolute Gasteiger partial charge is 0.311 e. The number of aryl methyl sites for hydroxylation is 1. The molecule has 2 heterocycles. The third kappa shape index (κ3) is 4.88. The summed E-state index contributed by atoms with van der Waals surface area (Å²) in [6.07, 6.45) is 1.79. The molecule has 0 spiro atoms. The van der Waals surface area contributed by atoms with Crippen LogP contribution in [0.4, 0.5) is 4.39 Å². The summed E-state index contributed by atoms with van der Waals surface area (Å²) < 4.78 is 30.5. The van der Waals surface area contributed by atoms with Crippen LogP contribution < -0.4 is 9.47 Å². The van der Waals surface area contributed by atoms with E-state index in [9.17, 15) is 19.1 Å². The van der Waals surface area contributed by atoms with Gasteiger partial charge in [0.25, 0.3) is 0 Å². The SMILES string of the molecule is COC(=O)[C@@H](C)[C@@H](O)c1ccc2c(c1)O[C@@H](c1ccc(-c3cc(OC)ncc3F)c(C=O)c1)CC2. The first-order valence-corrected chi connectivity index (χ1v) is 11.2. The van der Waals surface area contributed by atoms with Crippen LogP contribution in [-0.4, -0.2) is 36.6 Å². The highest BCUT2D eigenvalue weighted by molar-refractivity contribution is 5.88. The fourth-order valence-corrected chi connectivity index (χ4v) is 4.27. The molecule has 0 aliphatic carbocycles. The van der Waals surface area contributed by atoms with Crippen molar-refractivity contribution >= 4 is 12.3 Å². The van der Waals surface area contributed by atoms with Crippen LogP contribution in [0.5, 0.6) is 11.6 Å². The van der Waals surface area contributed by atoms with E-state index in [2.05, 4.69) is 4.98 Å². The summed E-state index contributed by atoms with van der Waals surface area (Å²) in [5.74, 6) is -0.937. The second-order valence-corrected chi connectivity index (χ2v) is 8.44. The summed E-state index contributed by atoms with van der Waals surface area (Å²) in [6.45, 7) is 1.60. The maximum Gasteiger partial charge on any atom is 0.311 e. The summed E-state index contributed by atoms with van der Waals surface area (Å²) in [5, 5.41) is 10.6. The van der Waals surface area contributed by atoms with Gasteiger partial charge in [0, 0.05) is 17.2 Å². The number of aldehydes is 1. The van der Waals surface area contributed by atoms with Gasteiger partial charge in [-0.05, 0) is 54.2 Å². The minimum absolute atomic E-state index is 0.221. The van der Waals surface area contributed by atoms with Gasteiger partial charge in [-0.3, -0.25) is 9.59 Å². The summed E-state index contributed by atoms with van der Waals surface area (Å²) >= 11 is 0. The second kappa shape index (κ2) is 10.2. The predicted octanol–water partition coefficient (Wildman–Crippen LogP) is 4.62. The predicted molar refractivity (Wildman–Crippen MR) is 126 cm³/mol. The third-order valence-corrected chi connectivity index (χ3v) is 6.33. The highest BCUT2D eigenvalue weighted by Gasteiger charge is 2.27. The van der Waals surface area contributed by atoms with Crippen LogP contribution in [0.3, 0.4) is 0 Å². The van der Waals surface area contributed by atoms with Crippen molar-refractivity contribution < 1.29 is 33.3 Å². The second-order valence-electron chi connectivity index (χ2n) is 8.44. The Labute approximate surface area is 202 Å². The fraction of sp³-hybridized carbons (Fsp3) is 0.296. The topological polar surface area (TPSA) is 95.0 Å². The molecular formula is C27H26FNO6. The van der Waals surface area contributed by atoms with Gasteiger partial charge in [0.2, 0.25) is 5.88 Å². The molecule has 1 aliphatic rings. The average Bonchev–Trinajstić information content (AvgIpc) is 2.91. The summed E-state index contributed by atoms with van der Waals surface area (Å²) in [7, 11) is 2.72. The molecule has 2 aromatic carbocycles. The van der Waals surface area contributed by atoms with E-state index in [0.29, 0.717) is 35.1 Å². The number of carbonyl (C=O) groups is 2. The molecular weight excluding hydrogens is 453 g/mol. The summed E-state index contributed by atoms with van der Waals surface area (Å²) in [4.78, 5) is 27.6. The van der Waals surface area contributed by atoms with Crippen LogP contribution in [-0.2, 0) is 16.0 Å². The highest BCUT2D eigenvalue weighted by atomic mass is 19.1. The first kappa shape index (κ1) is 24.3. The lowest BCUT2D eigenvalue weighted by atomic mass is 9.91. The molecule has 8 heteroatoms. The number of methoxy groups -OCH3 is 2. The number of ether oxygens (including phenoxy) is 3. The molecule has 182 valence electrons. The Balaban J connectivity index is 1.61. The van der Waals surface area contributed by atoms with Crippen molar-refractivity contribution in [1.82, 2.24) is 4.98 Å². The Hall–Kier alpha value is -3.78. The van der Waals surface area contributed by atoms with Gasteiger partial charge < -0.3 is 19.3 Å². The standard InChI is InChI=1S/C27H26FNO6/c1-15(27(32)34-3)26(31)18-5-4-16-7-9-23(35-24(16)11-18)17-6-8-20(19(10-17)14-30)21-12-25(33-2)29-13-22(21)28/h4-6,8,10-15,23,26,31H,7,9H2,1-3H3/t15-,23+,26+/m0/s1. The number of halogens is 1. The number of nitrogens with zero attached hydrogens (tertiary/aromatic N) is 1. The first-order chi connectivity index (χ1) is 16.9. The van der Waals surface area contributed by atoms with Gasteiger partial charge in [-0.1, -0.05) is 24.3 Å². The third-order valence-electron chi connectivity index (χ3n) is 6.33. The van der Waals surface area contributed by atoms with Crippen LogP contribution >= 0.6 is 0 Å². The number of aliphatic hydroxyl groups excluding tert-OH is 1. The van der Waals surface area contributed by atoms with E-state index in [-0.39, 0.29) is 17.5 Å². The average molecular weight is 480 g/mol. The summed E-state index contributed by atoms with van der Waals surface area (Å²) in [5.41, 5.74) is 3.28. The molecule has 0 saturated carbocycles. The Morgan fingerprint density at radius 3 is 2.71 bits per heavy atom. The summed E-state index contributed by atoms with van der Waals surface area (Å²) in [6, 6.07) is 12.0. The zero-order valence-corrected chi connectivity index (χ0v) is 19.7. The zero-order chi connectivity index (χ0) is 25.1. The van der Waals surface area contributed by atoms with Gasteiger partial charge in [-0.2, -0.15) is 0 Å². The first-order valence-electron chi connectivity index (χ1n) is 11.2. The molecule has 3 atom stereocenters. The Morgan fingerprint density at radius 2 is 2.00 bits per heavy atom. The number of hydrogen-bond donors (Lipinski definition) is 1. The largest absolute Gasteiger partial charge is 0.485 e. The zero-order valence-electron chi connectivity index (χ0n) is 19.7. The van der Waals surface area contributed by atoms with E-state index >= 15 is 0 Å². The molecule has 0 bridgehead atoms. The highest BCUT2D eigenvalue weighted by Crippen LogP contribution is 2.39. The van der Waals surface area contributed by atoms with Crippen LogP contribution in [0.2, 0.25) is 0 Å². The lowest BCUT2D eigenvalue weighted by Crippen LogP contribution is -2.21. The van der Waals surface area contributed by atoms with E-state index in [0.717, 1.165) is 23.7 Å². The molecule has 4 rings (SSSR count). The molecule has 7 nitrogen and oxygen atoms in total. The van der Waals surface area contributed by atoms with Crippen molar-refractivity contribution in [1.29, 1.82) is 0 Å². The van der Waals surface area contributed by atoms with Crippen LogP contribution in [0.25, 0.3) is 11.1 Å². The number of fused-ring (bicyclic) bond motifs is 1. The maximum absolute atomic E-state index is 14.5. The quantitative estimate of drug-likeness (QED) is 0.390. The van der Waals surface area contributed by atoms with Gasteiger partial charge in [0.05, 0.1) is 32.4 Å². The van der Waals surface area contributed by atoms with Crippen LogP contribution in [0.15, 0.2) is 48.7 Å². The lowest BCUT2D eigenvalue weighted by molar-refractivity contribution is -0.148. The number of carbonyl (C=O) groups excluding carboxylic acids is 2. The van der Waals surface area contributed by atoms with Crippen molar-refractivity contribution in [2.24, 2.45) is 5.92 Å². The van der Waals surface area contributed by atoms with Gasteiger partial charge >= 0.3 is 5.97 Å². The minimum Gasteiger partial charge on any atom is -0.485 e. The number of aromatic nitrogens is 1. The Morgan fingerprint density at radius 1 is 1.20 bits per heavy atom. The molecule has 3 aromatic rings. The molecule has 0 radical (unpaired) electrons. The number of benzene rings is 2. The van der Waals surface area contributed by atoms with Crippen molar-refractivity contribution in [3.8, 4) is 22.8 Å². The van der Waals surface area contributed by atoms with Crippen molar-refractivity contribution in [2.45, 2.75) is 32.0 Å². The van der Waals surface area contributed by atoms with Gasteiger partial charge in [0.15, 0.2) is 6.29 Å². The number of aliphatic hydroxyl groups is 1. The molecule has 0 saturated heterocycles. The molecule has 35 heavy (non-hydrogen) atoms. The normalized spacial score (nSPS) is 16.4. The number of pyridine rings is 1.